The largest absolute Gasteiger partial charge is 0.496 e. The van der Waals surface area contributed by atoms with Gasteiger partial charge in [0.25, 0.3) is 5.91 Å². The summed E-state index contributed by atoms with van der Waals surface area (Å²) < 4.78 is 5.18. The Labute approximate surface area is 89.6 Å². The van der Waals surface area contributed by atoms with Crippen molar-refractivity contribution < 1.29 is 9.53 Å². The molecule has 4 nitrogen and oxygen atoms in total. The Morgan fingerprint density at radius 1 is 1.47 bits per heavy atom. The number of ether oxygens (including phenoxy) is 1. The van der Waals surface area contributed by atoms with Crippen LogP contribution in [0.4, 0.5) is 0 Å². The van der Waals surface area contributed by atoms with Crippen LogP contribution in [0, 0.1) is 0 Å². The van der Waals surface area contributed by atoms with Crippen LogP contribution in [0.2, 0.25) is 0 Å². The second-order valence-electron chi connectivity index (χ2n) is 3.08. The third-order valence-corrected chi connectivity index (χ3v) is 2.16. The third kappa shape index (κ3) is 2.70. The molecule has 0 aromatic heterocycles. The summed E-state index contributed by atoms with van der Waals surface area (Å²) in [6.45, 7) is 2.03. The Bertz CT molecular complexity index is 350. The highest BCUT2D eigenvalue weighted by Gasteiger charge is 2.07. The number of aryl methyl sites for hydroxylation is 1. The fourth-order valence-electron chi connectivity index (χ4n) is 1.38. The zero-order valence-electron chi connectivity index (χ0n) is 9.26. The van der Waals surface area contributed by atoms with Gasteiger partial charge in [0, 0.05) is 12.6 Å². The van der Waals surface area contributed by atoms with E-state index in [9.17, 15) is 4.79 Å². The van der Waals surface area contributed by atoms with Crippen LogP contribution in [0.3, 0.4) is 0 Å². The molecule has 0 aliphatic heterocycles. The number of carbonyl (C=O) groups excluding carboxylic acids is 1. The number of methoxy groups -OCH3 is 1. The van der Waals surface area contributed by atoms with Gasteiger partial charge >= 0.3 is 0 Å². The second-order valence-corrected chi connectivity index (χ2v) is 3.08. The number of hydrogen-bond donors (Lipinski definition) is 2. The molecule has 0 saturated heterocycles. The van der Waals surface area contributed by atoms with E-state index < -0.39 is 0 Å². The summed E-state index contributed by atoms with van der Waals surface area (Å²) in [5.41, 5.74) is 6.78. The zero-order chi connectivity index (χ0) is 11.3. The van der Waals surface area contributed by atoms with Gasteiger partial charge in [0.15, 0.2) is 0 Å². The van der Waals surface area contributed by atoms with Crippen LogP contribution in [0.25, 0.3) is 0 Å². The normalized spacial score (nSPS) is 9.80. The molecule has 0 radical (unpaired) electrons. The lowest BCUT2D eigenvalue weighted by atomic mass is 10.1. The molecule has 0 fully saturated rings. The first kappa shape index (κ1) is 11.5. The number of hydrogen-bond acceptors (Lipinski definition) is 3. The van der Waals surface area contributed by atoms with E-state index in [0.29, 0.717) is 5.56 Å². The maximum atomic E-state index is 11.5. The Hall–Kier alpha value is -1.55. The van der Waals surface area contributed by atoms with E-state index in [2.05, 4.69) is 10.9 Å². The topological polar surface area (TPSA) is 50.4 Å². The first-order chi connectivity index (χ1) is 7.22. The van der Waals surface area contributed by atoms with Crippen LogP contribution in [0.5, 0.6) is 5.75 Å². The van der Waals surface area contributed by atoms with E-state index >= 15 is 0 Å². The summed E-state index contributed by atoms with van der Waals surface area (Å²) in [5.74, 6) is 0.674. The predicted octanol–water partition coefficient (Wildman–Crippen LogP) is 1.12. The van der Waals surface area contributed by atoms with E-state index in [4.69, 9.17) is 4.74 Å². The van der Waals surface area contributed by atoms with Crippen molar-refractivity contribution in [3.8, 4) is 5.75 Å². The molecule has 0 atom stereocenters. The summed E-state index contributed by atoms with van der Waals surface area (Å²) in [4.78, 5) is 11.5. The SMILES string of the molecule is CCc1cc(C(=O)NNC)ccc1OC. The molecule has 1 amide bonds. The van der Waals surface area contributed by atoms with Gasteiger partial charge in [-0.3, -0.25) is 10.2 Å². The van der Waals surface area contributed by atoms with Crippen molar-refractivity contribution in [2.24, 2.45) is 0 Å². The van der Waals surface area contributed by atoms with Crippen LogP contribution < -0.4 is 15.6 Å². The van der Waals surface area contributed by atoms with E-state index in [1.165, 1.54) is 0 Å². The van der Waals surface area contributed by atoms with E-state index in [0.717, 1.165) is 17.7 Å². The molecule has 15 heavy (non-hydrogen) atoms. The Balaban J connectivity index is 2.97. The molecule has 1 aromatic rings. The molecular formula is C11H16N2O2. The van der Waals surface area contributed by atoms with Gasteiger partial charge in [0.2, 0.25) is 0 Å². The molecule has 0 aliphatic carbocycles. The lowest BCUT2D eigenvalue weighted by Crippen LogP contribution is -2.34. The Morgan fingerprint density at radius 2 is 2.20 bits per heavy atom. The van der Waals surface area contributed by atoms with Crippen LogP contribution in [0.15, 0.2) is 18.2 Å². The van der Waals surface area contributed by atoms with Crippen LogP contribution in [-0.2, 0) is 6.42 Å². The summed E-state index contributed by atoms with van der Waals surface area (Å²) in [5, 5.41) is 0. The van der Waals surface area contributed by atoms with Gasteiger partial charge in [-0.25, -0.2) is 5.43 Å². The fraction of sp³-hybridized carbons (Fsp3) is 0.364. The molecule has 0 unspecified atom stereocenters. The van der Waals surface area contributed by atoms with Crippen LogP contribution in [0.1, 0.15) is 22.8 Å². The highest BCUT2D eigenvalue weighted by molar-refractivity contribution is 5.94. The van der Waals surface area contributed by atoms with E-state index in [1.807, 2.05) is 19.1 Å². The molecule has 0 spiro atoms. The maximum absolute atomic E-state index is 11.5. The van der Waals surface area contributed by atoms with Gasteiger partial charge in [-0.05, 0) is 30.2 Å². The smallest absolute Gasteiger partial charge is 0.265 e. The number of benzene rings is 1. The molecule has 0 bridgehead atoms. The average molecular weight is 208 g/mol. The van der Waals surface area contributed by atoms with Crippen molar-refractivity contribution in [1.82, 2.24) is 10.9 Å². The monoisotopic (exact) mass is 208 g/mol. The standard InChI is InChI=1S/C11H16N2O2/c1-4-8-7-9(11(14)13-12-2)5-6-10(8)15-3/h5-7,12H,4H2,1-3H3,(H,13,14). The minimum atomic E-state index is -0.144. The number of hydrazine groups is 1. The molecule has 2 N–H and O–H groups in total. The van der Waals surface area contributed by atoms with Crippen molar-refractivity contribution in [3.05, 3.63) is 29.3 Å². The minimum Gasteiger partial charge on any atom is -0.496 e. The summed E-state index contributed by atoms with van der Waals surface area (Å²) in [6.07, 6.45) is 0.837. The van der Waals surface area contributed by atoms with Crippen molar-refractivity contribution in [2.75, 3.05) is 14.2 Å². The van der Waals surface area contributed by atoms with Crippen molar-refractivity contribution in [3.63, 3.8) is 0 Å². The molecule has 82 valence electrons. The van der Waals surface area contributed by atoms with Gasteiger partial charge in [-0.2, -0.15) is 0 Å². The molecule has 0 heterocycles. The number of nitrogens with one attached hydrogen (secondary N) is 2. The zero-order valence-corrected chi connectivity index (χ0v) is 9.26. The van der Waals surface area contributed by atoms with Gasteiger partial charge in [-0.15, -0.1) is 0 Å². The Morgan fingerprint density at radius 3 is 2.73 bits per heavy atom. The summed E-state index contributed by atoms with van der Waals surface area (Å²) >= 11 is 0. The molecule has 4 heteroatoms. The van der Waals surface area contributed by atoms with Crippen molar-refractivity contribution in [2.45, 2.75) is 13.3 Å². The minimum absolute atomic E-state index is 0.144. The number of carbonyl (C=O) groups is 1. The molecule has 1 aromatic carbocycles. The fourth-order valence-corrected chi connectivity index (χ4v) is 1.38. The average Bonchev–Trinajstić information content (AvgIpc) is 2.28. The first-order valence-corrected chi connectivity index (χ1v) is 4.87. The number of rotatable bonds is 4. The quantitative estimate of drug-likeness (QED) is 0.729. The molecular weight excluding hydrogens is 192 g/mol. The predicted molar refractivity (Wildman–Crippen MR) is 58.9 cm³/mol. The van der Waals surface area contributed by atoms with Crippen molar-refractivity contribution in [1.29, 1.82) is 0 Å². The summed E-state index contributed by atoms with van der Waals surface area (Å²) in [6, 6.07) is 5.39. The highest BCUT2D eigenvalue weighted by Crippen LogP contribution is 2.20. The first-order valence-electron chi connectivity index (χ1n) is 4.87. The van der Waals surface area contributed by atoms with Gasteiger partial charge < -0.3 is 4.74 Å². The van der Waals surface area contributed by atoms with E-state index in [-0.39, 0.29) is 5.91 Å². The van der Waals surface area contributed by atoms with Crippen molar-refractivity contribution >= 4 is 5.91 Å². The van der Waals surface area contributed by atoms with Crippen LogP contribution in [-0.4, -0.2) is 20.1 Å². The molecule has 1 rings (SSSR count). The van der Waals surface area contributed by atoms with Gasteiger partial charge in [-0.1, -0.05) is 6.92 Å². The molecule has 0 aliphatic rings. The van der Waals surface area contributed by atoms with Gasteiger partial charge in [0.05, 0.1) is 7.11 Å². The molecule has 0 saturated carbocycles. The summed E-state index contributed by atoms with van der Waals surface area (Å²) in [7, 11) is 3.28. The lowest BCUT2D eigenvalue weighted by Gasteiger charge is -2.09. The lowest BCUT2D eigenvalue weighted by molar-refractivity contribution is 0.0938. The number of amides is 1. The third-order valence-electron chi connectivity index (χ3n) is 2.16. The van der Waals surface area contributed by atoms with E-state index in [1.54, 1.807) is 20.2 Å². The Kier molecular flexibility index (Phi) is 4.12. The second kappa shape index (κ2) is 5.36. The van der Waals surface area contributed by atoms with Gasteiger partial charge in [0.1, 0.15) is 5.75 Å². The van der Waals surface area contributed by atoms with Crippen LogP contribution >= 0.6 is 0 Å². The maximum Gasteiger partial charge on any atom is 0.265 e. The highest BCUT2D eigenvalue weighted by atomic mass is 16.5.